The van der Waals surface area contributed by atoms with Gasteiger partial charge in [-0.25, -0.2) is 0 Å². The molecule has 3 aromatic rings. The molecule has 1 N–H and O–H groups in total. The van der Waals surface area contributed by atoms with Crippen molar-refractivity contribution in [2.24, 2.45) is 0 Å². The molecule has 34 heavy (non-hydrogen) atoms. The molecule has 1 saturated carbocycles. The van der Waals surface area contributed by atoms with Crippen LogP contribution in [-0.4, -0.2) is 49.0 Å². The number of aromatic nitrogens is 4. The Hall–Kier alpha value is -3.49. The minimum Gasteiger partial charge on any atom is -0.458 e. The number of rotatable bonds is 10. The Kier molecular flexibility index (Phi) is 7.72. The molecule has 1 unspecified atom stereocenters. The van der Waals surface area contributed by atoms with Crippen LogP contribution >= 0.6 is 0 Å². The number of carbonyl (C=O) groups is 2. The van der Waals surface area contributed by atoms with Gasteiger partial charge in [0.25, 0.3) is 0 Å². The Bertz CT molecular complexity index is 1090. The molecule has 2 heterocycles. The fourth-order valence-corrected chi connectivity index (χ4v) is 4.40. The number of carbonyl (C=O) groups excluding carboxylic acids is 2. The normalized spacial score (nSPS) is 14.8. The summed E-state index contributed by atoms with van der Waals surface area (Å²) < 4.78 is 5.55. The van der Waals surface area contributed by atoms with Gasteiger partial charge in [0.1, 0.15) is 18.3 Å². The molecule has 0 aliphatic heterocycles. The van der Waals surface area contributed by atoms with Gasteiger partial charge in [0.15, 0.2) is 5.76 Å². The summed E-state index contributed by atoms with van der Waals surface area (Å²) in [6.45, 7) is 4.08. The number of hydrogen-bond donors (Lipinski definition) is 1. The van der Waals surface area contributed by atoms with Crippen LogP contribution in [0.4, 0.5) is 0 Å². The molecule has 2 amide bonds. The Morgan fingerprint density at radius 3 is 2.62 bits per heavy atom. The molecule has 2 aromatic heterocycles. The Morgan fingerprint density at radius 1 is 1.18 bits per heavy atom. The summed E-state index contributed by atoms with van der Waals surface area (Å²) in [5.74, 6) is 1.24. The number of furan rings is 1. The van der Waals surface area contributed by atoms with Crippen LogP contribution in [0.3, 0.4) is 0 Å². The summed E-state index contributed by atoms with van der Waals surface area (Å²) >= 11 is 0. The van der Waals surface area contributed by atoms with Gasteiger partial charge >= 0.3 is 0 Å². The fraction of sp³-hybridized carbons (Fsp3) is 0.480. The zero-order valence-electron chi connectivity index (χ0n) is 19.8. The summed E-state index contributed by atoms with van der Waals surface area (Å²) in [7, 11) is 0. The summed E-state index contributed by atoms with van der Waals surface area (Å²) in [5.41, 5.74) is 0.962. The van der Waals surface area contributed by atoms with Crippen LogP contribution in [0.25, 0.3) is 11.6 Å². The number of benzene rings is 1. The van der Waals surface area contributed by atoms with Gasteiger partial charge in [-0.2, -0.15) is 4.80 Å². The quantitative estimate of drug-likeness (QED) is 0.492. The van der Waals surface area contributed by atoms with E-state index in [9.17, 15) is 9.59 Å². The fourth-order valence-electron chi connectivity index (χ4n) is 4.40. The van der Waals surface area contributed by atoms with Crippen molar-refractivity contribution in [3.63, 3.8) is 0 Å². The molecule has 1 aliphatic carbocycles. The number of tetrazole rings is 1. The summed E-state index contributed by atoms with van der Waals surface area (Å²) in [6, 6.07) is 12.9. The lowest BCUT2D eigenvalue weighted by Crippen LogP contribution is -2.52. The first-order valence-corrected chi connectivity index (χ1v) is 12.0. The number of amides is 2. The number of hydrogen-bond acceptors (Lipinski definition) is 6. The van der Waals surface area contributed by atoms with E-state index < -0.39 is 6.04 Å². The van der Waals surface area contributed by atoms with E-state index in [0.29, 0.717) is 24.6 Å². The van der Waals surface area contributed by atoms with E-state index in [1.54, 1.807) is 11.0 Å². The van der Waals surface area contributed by atoms with Crippen LogP contribution < -0.4 is 5.32 Å². The third-order valence-corrected chi connectivity index (χ3v) is 6.15. The molecule has 9 heteroatoms. The van der Waals surface area contributed by atoms with Gasteiger partial charge in [-0.05, 0) is 49.1 Å². The van der Waals surface area contributed by atoms with Crippen molar-refractivity contribution in [2.45, 2.75) is 77.5 Å². The number of nitrogens with one attached hydrogen (secondary N) is 1. The van der Waals surface area contributed by atoms with Crippen molar-refractivity contribution in [3.05, 3.63) is 53.8 Å². The van der Waals surface area contributed by atoms with Crippen LogP contribution in [0, 0.1) is 6.92 Å². The first-order valence-electron chi connectivity index (χ1n) is 12.0. The smallest absolute Gasteiger partial charge is 0.247 e. The molecule has 1 fully saturated rings. The molecule has 1 atom stereocenters. The van der Waals surface area contributed by atoms with Crippen molar-refractivity contribution < 1.29 is 14.0 Å². The van der Waals surface area contributed by atoms with Crippen molar-refractivity contribution in [1.82, 2.24) is 30.4 Å². The molecule has 1 aromatic carbocycles. The topological polar surface area (TPSA) is 106 Å². The third-order valence-electron chi connectivity index (χ3n) is 6.15. The minimum absolute atomic E-state index is 0.0867. The molecular formula is C25H32N6O3. The van der Waals surface area contributed by atoms with Crippen LogP contribution in [0.1, 0.15) is 56.8 Å². The van der Waals surface area contributed by atoms with Gasteiger partial charge < -0.3 is 14.6 Å². The minimum atomic E-state index is -0.561. The highest BCUT2D eigenvalue weighted by atomic mass is 16.3. The number of nitrogens with zero attached hydrogens (tertiary/aromatic N) is 5. The highest BCUT2D eigenvalue weighted by Crippen LogP contribution is 2.20. The SMILES string of the molecule is CCCC(C(=O)NC1CCCC1)N(Cc1ccccc1)C(=O)Cn1nnc(-c2ccc(C)o2)n1. The van der Waals surface area contributed by atoms with Gasteiger partial charge in [0.05, 0.1) is 0 Å². The monoisotopic (exact) mass is 464 g/mol. The average Bonchev–Trinajstić information content (AvgIpc) is 3.59. The van der Waals surface area contributed by atoms with E-state index in [1.807, 2.05) is 50.2 Å². The second-order valence-corrected chi connectivity index (χ2v) is 8.86. The van der Waals surface area contributed by atoms with E-state index in [4.69, 9.17) is 4.42 Å². The van der Waals surface area contributed by atoms with Gasteiger partial charge in [-0.1, -0.05) is 56.5 Å². The zero-order valence-corrected chi connectivity index (χ0v) is 19.8. The van der Waals surface area contributed by atoms with Crippen molar-refractivity contribution in [1.29, 1.82) is 0 Å². The van der Waals surface area contributed by atoms with Gasteiger partial charge in [-0.15, -0.1) is 10.2 Å². The Balaban J connectivity index is 1.54. The zero-order chi connectivity index (χ0) is 23.9. The van der Waals surface area contributed by atoms with E-state index in [-0.39, 0.29) is 24.4 Å². The van der Waals surface area contributed by atoms with E-state index in [0.717, 1.165) is 43.4 Å². The lowest BCUT2D eigenvalue weighted by molar-refractivity contribution is -0.142. The Labute approximate surface area is 199 Å². The van der Waals surface area contributed by atoms with Crippen molar-refractivity contribution in [2.75, 3.05) is 0 Å². The summed E-state index contributed by atoms with van der Waals surface area (Å²) in [4.78, 5) is 29.7. The summed E-state index contributed by atoms with van der Waals surface area (Å²) in [5, 5.41) is 15.5. The molecular weight excluding hydrogens is 432 g/mol. The van der Waals surface area contributed by atoms with E-state index >= 15 is 0 Å². The lowest BCUT2D eigenvalue weighted by atomic mass is 10.1. The first kappa shape index (κ1) is 23.7. The highest BCUT2D eigenvalue weighted by molar-refractivity contribution is 5.87. The molecule has 0 saturated heterocycles. The highest BCUT2D eigenvalue weighted by Gasteiger charge is 2.31. The van der Waals surface area contributed by atoms with E-state index in [1.165, 1.54) is 4.80 Å². The second-order valence-electron chi connectivity index (χ2n) is 8.86. The largest absolute Gasteiger partial charge is 0.458 e. The molecule has 0 bridgehead atoms. The summed E-state index contributed by atoms with van der Waals surface area (Å²) in [6.07, 6.45) is 5.62. The Morgan fingerprint density at radius 2 is 1.94 bits per heavy atom. The predicted molar refractivity (Wildman–Crippen MR) is 126 cm³/mol. The molecule has 0 radical (unpaired) electrons. The lowest BCUT2D eigenvalue weighted by Gasteiger charge is -2.32. The van der Waals surface area contributed by atoms with Gasteiger partial charge in [0.2, 0.25) is 17.6 Å². The molecule has 1 aliphatic rings. The predicted octanol–water partition coefficient (Wildman–Crippen LogP) is 3.50. The van der Waals surface area contributed by atoms with Crippen molar-refractivity contribution in [3.8, 4) is 11.6 Å². The van der Waals surface area contributed by atoms with Gasteiger partial charge in [0, 0.05) is 12.6 Å². The average molecular weight is 465 g/mol. The van der Waals surface area contributed by atoms with Crippen molar-refractivity contribution >= 4 is 11.8 Å². The molecule has 0 spiro atoms. The maximum Gasteiger partial charge on any atom is 0.247 e. The van der Waals surface area contributed by atoms with Crippen LogP contribution in [0.5, 0.6) is 0 Å². The standard InChI is InChI=1S/C25H32N6O3/c1-3-9-21(25(33)26-20-12-7-8-13-20)30(16-19-10-5-4-6-11-19)23(32)17-31-28-24(27-29-31)22-15-14-18(2)34-22/h4-6,10-11,14-15,20-21H,3,7-9,12-13,16-17H2,1-2H3,(H,26,33). The number of aryl methyl sites for hydroxylation is 1. The molecule has 4 rings (SSSR count). The van der Waals surface area contributed by atoms with Crippen LogP contribution in [0.15, 0.2) is 46.9 Å². The molecule has 9 nitrogen and oxygen atoms in total. The third kappa shape index (κ3) is 5.89. The van der Waals surface area contributed by atoms with E-state index in [2.05, 4.69) is 20.7 Å². The van der Waals surface area contributed by atoms with Crippen LogP contribution in [-0.2, 0) is 22.7 Å². The van der Waals surface area contributed by atoms with Crippen LogP contribution in [0.2, 0.25) is 0 Å². The molecule has 180 valence electrons. The second kappa shape index (κ2) is 11.1. The maximum absolute atomic E-state index is 13.5. The maximum atomic E-state index is 13.5. The first-order chi connectivity index (χ1) is 16.5. The van der Waals surface area contributed by atoms with Gasteiger partial charge in [-0.3, -0.25) is 9.59 Å².